The number of halogens is 1. The van der Waals surface area contributed by atoms with Gasteiger partial charge in [-0.3, -0.25) is 0 Å². The molecular formula is C18H19FN4O. The molecule has 0 atom stereocenters. The highest BCUT2D eigenvalue weighted by molar-refractivity contribution is 5.63. The largest absolute Gasteiger partial charge is 0.393 e. The third-order valence-corrected chi connectivity index (χ3v) is 4.53. The SMILES string of the molecule is OC1CCC(Nc2ccc3ncc(-c4cccc(F)c4)n3n2)CC1. The van der Waals surface area contributed by atoms with Gasteiger partial charge >= 0.3 is 0 Å². The van der Waals surface area contributed by atoms with Crippen molar-refractivity contribution >= 4 is 11.5 Å². The van der Waals surface area contributed by atoms with Crippen LogP contribution in [0.3, 0.4) is 0 Å². The van der Waals surface area contributed by atoms with Gasteiger partial charge in [-0.15, -0.1) is 5.10 Å². The average Bonchev–Trinajstić information content (AvgIpc) is 3.00. The van der Waals surface area contributed by atoms with Crippen molar-refractivity contribution in [3.8, 4) is 11.3 Å². The zero-order chi connectivity index (χ0) is 16.5. The Hall–Kier alpha value is -2.47. The van der Waals surface area contributed by atoms with Crippen LogP contribution in [0.5, 0.6) is 0 Å². The fourth-order valence-corrected chi connectivity index (χ4v) is 3.22. The summed E-state index contributed by atoms with van der Waals surface area (Å²) in [6.45, 7) is 0. The fraction of sp³-hybridized carbons (Fsp3) is 0.333. The van der Waals surface area contributed by atoms with Gasteiger partial charge in [0, 0.05) is 11.6 Å². The monoisotopic (exact) mass is 326 g/mol. The lowest BCUT2D eigenvalue weighted by Crippen LogP contribution is -2.28. The zero-order valence-electron chi connectivity index (χ0n) is 13.2. The molecular weight excluding hydrogens is 307 g/mol. The van der Waals surface area contributed by atoms with Gasteiger partial charge in [-0.25, -0.2) is 13.9 Å². The number of fused-ring (bicyclic) bond motifs is 1. The van der Waals surface area contributed by atoms with Crippen LogP contribution >= 0.6 is 0 Å². The number of aliphatic hydroxyl groups is 1. The van der Waals surface area contributed by atoms with Gasteiger partial charge < -0.3 is 10.4 Å². The van der Waals surface area contributed by atoms with E-state index in [9.17, 15) is 9.50 Å². The third kappa shape index (κ3) is 2.97. The number of anilines is 1. The van der Waals surface area contributed by atoms with Crippen LogP contribution in [0.2, 0.25) is 0 Å². The minimum atomic E-state index is -0.280. The lowest BCUT2D eigenvalue weighted by molar-refractivity contribution is 0.126. The Morgan fingerprint density at radius 3 is 2.75 bits per heavy atom. The van der Waals surface area contributed by atoms with Crippen LogP contribution < -0.4 is 5.32 Å². The van der Waals surface area contributed by atoms with Gasteiger partial charge in [-0.2, -0.15) is 0 Å². The normalized spacial score (nSPS) is 21.1. The summed E-state index contributed by atoms with van der Waals surface area (Å²) in [5, 5.41) is 17.6. The Morgan fingerprint density at radius 1 is 1.12 bits per heavy atom. The molecule has 1 aromatic carbocycles. The predicted molar refractivity (Wildman–Crippen MR) is 90.3 cm³/mol. The number of hydrogen-bond acceptors (Lipinski definition) is 4. The molecule has 0 radical (unpaired) electrons. The van der Waals surface area contributed by atoms with Gasteiger partial charge in [0.05, 0.1) is 18.0 Å². The number of aliphatic hydroxyl groups excluding tert-OH is 1. The lowest BCUT2D eigenvalue weighted by Gasteiger charge is -2.26. The van der Waals surface area contributed by atoms with E-state index in [2.05, 4.69) is 15.4 Å². The number of imidazole rings is 1. The van der Waals surface area contributed by atoms with Crippen LogP contribution in [0.4, 0.5) is 10.2 Å². The van der Waals surface area contributed by atoms with E-state index < -0.39 is 0 Å². The summed E-state index contributed by atoms with van der Waals surface area (Å²) in [4.78, 5) is 4.34. The molecule has 0 amide bonds. The van der Waals surface area contributed by atoms with Crippen molar-refractivity contribution in [2.75, 3.05) is 5.32 Å². The predicted octanol–water partition coefficient (Wildman–Crippen LogP) is 3.25. The summed E-state index contributed by atoms with van der Waals surface area (Å²) < 4.78 is 15.2. The van der Waals surface area contributed by atoms with E-state index in [1.807, 2.05) is 18.2 Å². The highest BCUT2D eigenvalue weighted by Crippen LogP contribution is 2.24. The molecule has 1 aliphatic rings. The van der Waals surface area contributed by atoms with Gasteiger partial charge in [0.25, 0.3) is 0 Å². The van der Waals surface area contributed by atoms with E-state index in [0.29, 0.717) is 6.04 Å². The van der Waals surface area contributed by atoms with Crippen LogP contribution in [-0.2, 0) is 0 Å². The van der Waals surface area contributed by atoms with Gasteiger partial charge in [0.2, 0.25) is 0 Å². The standard InChI is InChI=1S/C18H19FN4O/c19-13-3-1-2-12(10-13)16-11-20-18-9-8-17(22-23(16)18)21-14-4-6-15(24)7-5-14/h1-3,8-11,14-15,24H,4-7H2,(H,21,22). The number of nitrogens with zero attached hydrogens (tertiary/aromatic N) is 3. The molecule has 2 aromatic heterocycles. The molecule has 2 heterocycles. The molecule has 3 aromatic rings. The number of benzene rings is 1. The molecule has 5 nitrogen and oxygen atoms in total. The van der Waals surface area contributed by atoms with Crippen LogP contribution in [0.15, 0.2) is 42.6 Å². The Bertz CT molecular complexity index is 855. The molecule has 0 bridgehead atoms. The van der Waals surface area contributed by atoms with Crippen molar-refractivity contribution < 1.29 is 9.50 Å². The molecule has 24 heavy (non-hydrogen) atoms. The van der Waals surface area contributed by atoms with E-state index in [-0.39, 0.29) is 11.9 Å². The Morgan fingerprint density at radius 2 is 1.96 bits per heavy atom. The first-order valence-electron chi connectivity index (χ1n) is 8.24. The first kappa shape index (κ1) is 15.1. The van der Waals surface area contributed by atoms with Crippen LogP contribution in [0.1, 0.15) is 25.7 Å². The van der Waals surface area contributed by atoms with Crippen molar-refractivity contribution in [2.24, 2.45) is 0 Å². The minimum Gasteiger partial charge on any atom is -0.393 e. The first-order chi connectivity index (χ1) is 11.7. The van der Waals surface area contributed by atoms with Crippen molar-refractivity contribution in [1.82, 2.24) is 14.6 Å². The summed E-state index contributed by atoms with van der Waals surface area (Å²) in [5.74, 6) is 0.483. The number of hydrogen-bond donors (Lipinski definition) is 2. The van der Waals surface area contributed by atoms with Crippen molar-refractivity contribution in [1.29, 1.82) is 0 Å². The van der Waals surface area contributed by atoms with Crippen LogP contribution in [0.25, 0.3) is 16.9 Å². The second kappa shape index (κ2) is 6.20. The van der Waals surface area contributed by atoms with Gasteiger partial charge in [0.15, 0.2) is 5.65 Å². The molecule has 1 saturated carbocycles. The van der Waals surface area contributed by atoms with E-state index in [0.717, 1.165) is 48.4 Å². The molecule has 0 unspecified atom stereocenters. The van der Waals surface area contributed by atoms with E-state index in [1.54, 1.807) is 16.8 Å². The Labute approximate surface area is 139 Å². The first-order valence-corrected chi connectivity index (χ1v) is 8.24. The summed E-state index contributed by atoms with van der Waals surface area (Å²) in [6.07, 6.45) is 5.03. The summed E-state index contributed by atoms with van der Waals surface area (Å²) >= 11 is 0. The molecule has 0 saturated heterocycles. The third-order valence-electron chi connectivity index (χ3n) is 4.53. The number of aromatic nitrogens is 3. The van der Waals surface area contributed by atoms with Crippen molar-refractivity contribution in [2.45, 2.75) is 37.8 Å². The average molecular weight is 326 g/mol. The molecule has 1 fully saturated rings. The van der Waals surface area contributed by atoms with Gasteiger partial charge in [-0.05, 0) is 49.9 Å². The number of rotatable bonds is 3. The summed E-state index contributed by atoms with van der Waals surface area (Å²) in [5.41, 5.74) is 2.22. The second-order valence-electron chi connectivity index (χ2n) is 6.29. The highest BCUT2D eigenvalue weighted by Gasteiger charge is 2.19. The lowest BCUT2D eigenvalue weighted by atomic mass is 9.93. The summed E-state index contributed by atoms with van der Waals surface area (Å²) in [6, 6.07) is 10.5. The van der Waals surface area contributed by atoms with Crippen LogP contribution in [0, 0.1) is 5.82 Å². The number of nitrogens with one attached hydrogen (secondary N) is 1. The maximum atomic E-state index is 13.5. The molecule has 0 aliphatic heterocycles. The van der Waals surface area contributed by atoms with Gasteiger partial charge in [-0.1, -0.05) is 12.1 Å². The van der Waals surface area contributed by atoms with Crippen LogP contribution in [-0.4, -0.2) is 31.9 Å². The Balaban J connectivity index is 1.63. The van der Waals surface area contributed by atoms with Crippen molar-refractivity contribution in [3.63, 3.8) is 0 Å². The Kier molecular flexibility index (Phi) is 3.90. The molecule has 6 heteroatoms. The molecule has 124 valence electrons. The molecule has 4 rings (SSSR count). The minimum absolute atomic E-state index is 0.174. The molecule has 0 spiro atoms. The summed E-state index contributed by atoms with van der Waals surface area (Å²) in [7, 11) is 0. The van der Waals surface area contributed by atoms with Crippen molar-refractivity contribution in [3.05, 3.63) is 48.4 Å². The quantitative estimate of drug-likeness (QED) is 0.775. The maximum absolute atomic E-state index is 13.5. The smallest absolute Gasteiger partial charge is 0.154 e. The van der Waals surface area contributed by atoms with E-state index >= 15 is 0 Å². The zero-order valence-corrected chi connectivity index (χ0v) is 13.2. The second-order valence-corrected chi connectivity index (χ2v) is 6.29. The maximum Gasteiger partial charge on any atom is 0.154 e. The topological polar surface area (TPSA) is 62.5 Å². The molecule has 2 N–H and O–H groups in total. The fourth-order valence-electron chi connectivity index (χ4n) is 3.22. The molecule has 1 aliphatic carbocycles. The highest BCUT2D eigenvalue weighted by atomic mass is 19.1. The van der Waals surface area contributed by atoms with Gasteiger partial charge in [0.1, 0.15) is 11.6 Å². The van der Waals surface area contributed by atoms with E-state index in [1.165, 1.54) is 12.1 Å². The van der Waals surface area contributed by atoms with E-state index in [4.69, 9.17) is 0 Å².